The molecular weight excluding hydrogens is 360 g/mol. The van der Waals surface area contributed by atoms with Crippen LogP contribution >= 0.6 is 12.2 Å². The Balaban J connectivity index is 1.37. The molecule has 1 aromatic carbocycles. The lowest BCUT2D eigenvalue weighted by Crippen LogP contribution is -2.48. The Morgan fingerprint density at radius 3 is 2.30 bits per heavy atom. The van der Waals surface area contributed by atoms with E-state index in [2.05, 4.69) is 10.6 Å². The van der Waals surface area contributed by atoms with Crippen molar-refractivity contribution in [2.75, 3.05) is 5.32 Å². The van der Waals surface area contributed by atoms with Crippen molar-refractivity contribution in [3.05, 3.63) is 29.3 Å². The zero-order chi connectivity index (χ0) is 19.2. The molecule has 0 heterocycles. The summed E-state index contributed by atoms with van der Waals surface area (Å²) in [5.41, 5.74) is 1.61. The van der Waals surface area contributed by atoms with Gasteiger partial charge in [-0.1, -0.05) is 6.07 Å². The molecule has 0 unspecified atom stereocenters. The maximum absolute atomic E-state index is 12.7. The number of carboxylic acid groups (broad SMARTS) is 1. The van der Waals surface area contributed by atoms with E-state index in [-0.39, 0.29) is 22.0 Å². The summed E-state index contributed by atoms with van der Waals surface area (Å²) in [6, 6.07) is 4.98. The number of carboxylic acids is 1. The third-order valence-corrected chi connectivity index (χ3v) is 6.97. The van der Waals surface area contributed by atoms with Crippen LogP contribution in [0.15, 0.2) is 18.2 Å². The van der Waals surface area contributed by atoms with Crippen LogP contribution in [0.3, 0.4) is 0 Å². The molecule has 4 bridgehead atoms. The molecule has 5 rings (SSSR count). The van der Waals surface area contributed by atoms with Crippen LogP contribution in [0.4, 0.5) is 5.69 Å². The lowest BCUT2D eigenvalue weighted by molar-refractivity contribution is -0.127. The van der Waals surface area contributed by atoms with Gasteiger partial charge in [0, 0.05) is 12.1 Å². The van der Waals surface area contributed by atoms with Crippen molar-refractivity contribution in [1.82, 2.24) is 5.32 Å². The molecule has 1 aromatic rings. The molecule has 4 fully saturated rings. The lowest BCUT2D eigenvalue weighted by Gasteiger charge is -2.56. The van der Waals surface area contributed by atoms with Crippen molar-refractivity contribution in [3.8, 4) is 0 Å². The van der Waals surface area contributed by atoms with Gasteiger partial charge in [-0.25, -0.2) is 4.79 Å². The predicted molar refractivity (Wildman–Crippen MR) is 108 cm³/mol. The molecule has 5 nitrogen and oxygen atoms in total. The van der Waals surface area contributed by atoms with Crippen LogP contribution in [0.1, 0.15) is 60.9 Å². The standard InChI is InChI=1S/C21H26N2O3S/c1-12-16(19(25)26)3-2-4-17(12)22-20(27)23-18(24)11-21-8-13-5-14(9-21)7-15(6-13)10-21/h2-4,13-15H,5-11H2,1H3,(H,25,26)(H2,22,23,24,27). The highest BCUT2D eigenvalue weighted by molar-refractivity contribution is 7.80. The van der Waals surface area contributed by atoms with E-state index in [0.29, 0.717) is 17.7 Å². The van der Waals surface area contributed by atoms with E-state index in [9.17, 15) is 14.7 Å². The summed E-state index contributed by atoms with van der Waals surface area (Å²) < 4.78 is 0. The van der Waals surface area contributed by atoms with Gasteiger partial charge in [-0.2, -0.15) is 0 Å². The summed E-state index contributed by atoms with van der Waals surface area (Å²) in [6.45, 7) is 1.73. The maximum atomic E-state index is 12.7. The van der Waals surface area contributed by atoms with Gasteiger partial charge in [0.25, 0.3) is 0 Å². The third-order valence-electron chi connectivity index (χ3n) is 6.77. The van der Waals surface area contributed by atoms with Gasteiger partial charge in [0.05, 0.1) is 5.56 Å². The minimum atomic E-state index is -0.979. The molecule has 4 aliphatic rings. The number of thiocarbonyl (C=S) groups is 1. The molecule has 1 amide bonds. The van der Waals surface area contributed by atoms with Gasteiger partial charge in [0.15, 0.2) is 5.11 Å². The van der Waals surface area contributed by atoms with Crippen LogP contribution in [-0.4, -0.2) is 22.1 Å². The molecule has 0 aliphatic heterocycles. The maximum Gasteiger partial charge on any atom is 0.336 e. The number of aromatic carboxylic acids is 1. The van der Waals surface area contributed by atoms with Gasteiger partial charge in [0.1, 0.15) is 0 Å². The highest BCUT2D eigenvalue weighted by Crippen LogP contribution is 2.61. The van der Waals surface area contributed by atoms with Crippen molar-refractivity contribution >= 4 is 34.9 Å². The van der Waals surface area contributed by atoms with Crippen LogP contribution in [0.5, 0.6) is 0 Å². The van der Waals surface area contributed by atoms with Crippen molar-refractivity contribution in [3.63, 3.8) is 0 Å². The fourth-order valence-corrected chi connectivity index (χ4v) is 6.40. The number of rotatable bonds is 4. The average Bonchev–Trinajstić information content (AvgIpc) is 2.54. The topological polar surface area (TPSA) is 78.4 Å². The highest BCUT2D eigenvalue weighted by Gasteiger charge is 2.51. The van der Waals surface area contributed by atoms with Crippen LogP contribution in [-0.2, 0) is 4.79 Å². The number of amides is 1. The third kappa shape index (κ3) is 3.72. The average molecular weight is 387 g/mol. The molecule has 0 aromatic heterocycles. The lowest BCUT2D eigenvalue weighted by atomic mass is 9.49. The molecular formula is C21H26N2O3S. The van der Waals surface area contributed by atoms with E-state index in [0.717, 1.165) is 17.8 Å². The Kier molecular flexibility index (Phi) is 4.70. The first-order chi connectivity index (χ1) is 12.8. The van der Waals surface area contributed by atoms with Crippen LogP contribution in [0, 0.1) is 30.1 Å². The van der Waals surface area contributed by atoms with Gasteiger partial charge in [-0.05, 0) is 98.5 Å². The Bertz CT molecular complexity index is 769. The molecule has 0 radical (unpaired) electrons. The monoisotopic (exact) mass is 386 g/mol. The zero-order valence-corrected chi connectivity index (χ0v) is 16.4. The largest absolute Gasteiger partial charge is 0.478 e. The van der Waals surface area contributed by atoms with Crippen LogP contribution in [0.25, 0.3) is 0 Å². The Morgan fingerprint density at radius 2 is 1.74 bits per heavy atom. The second-order valence-electron chi connectivity index (χ2n) is 8.88. The summed E-state index contributed by atoms with van der Waals surface area (Å²) in [4.78, 5) is 23.9. The van der Waals surface area contributed by atoms with Crippen molar-refractivity contribution in [2.45, 2.75) is 51.9 Å². The quantitative estimate of drug-likeness (QED) is 0.679. The van der Waals surface area contributed by atoms with E-state index < -0.39 is 5.97 Å². The minimum absolute atomic E-state index is 0.0264. The molecule has 0 spiro atoms. The van der Waals surface area contributed by atoms with Gasteiger partial charge in [0.2, 0.25) is 5.91 Å². The van der Waals surface area contributed by atoms with Crippen molar-refractivity contribution < 1.29 is 14.7 Å². The second kappa shape index (κ2) is 6.89. The fourth-order valence-electron chi connectivity index (χ4n) is 6.17. The van der Waals surface area contributed by atoms with Crippen molar-refractivity contribution in [2.24, 2.45) is 23.2 Å². The molecule has 0 saturated heterocycles. The molecule has 144 valence electrons. The van der Waals surface area contributed by atoms with Gasteiger partial charge >= 0.3 is 5.97 Å². The SMILES string of the molecule is Cc1c(NC(=S)NC(=O)CC23CC4CC(CC(C4)C2)C3)cccc1C(=O)O. The number of hydrogen-bond donors (Lipinski definition) is 3. The van der Waals surface area contributed by atoms with E-state index >= 15 is 0 Å². The van der Waals surface area contributed by atoms with Crippen LogP contribution in [0.2, 0.25) is 0 Å². The van der Waals surface area contributed by atoms with Gasteiger partial charge in [-0.15, -0.1) is 0 Å². The summed E-state index contributed by atoms with van der Waals surface area (Å²) in [5, 5.41) is 15.3. The summed E-state index contributed by atoms with van der Waals surface area (Å²) in [6.07, 6.45) is 8.19. The first-order valence-corrected chi connectivity index (χ1v) is 10.2. The number of anilines is 1. The van der Waals surface area contributed by atoms with Gasteiger partial charge in [-0.3, -0.25) is 4.79 Å². The molecule has 4 saturated carbocycles. The Labute approximate surface area is 164 Å². The first kappa shape index (κ1) is 18.4. The normalized spacial score (nSPS) is 30.8. The van der Waals surface area contributed by atoms with E-state index in [1.165, 1.54) is 38.5 Å². The molecule has 4 aliphatic carbocycles. The van der Waals surface area contributed by atoms with Gasteiger partial charge < -0.3 is 15.7 Å². The Hall–Kier alpha value is -1.95. The number of carbonyl (C=O) groups excluding carboxylic acids is 1. The summed E-state index contributed by atoms with van der Waals surface area (Å²) >= 11 is 5.30. The number of benzene rings is 1. The van der Waals surface area contributed by atoms with Crippen molar-refractivity contribution in [1.29, 1.82) is 0 Å². The number of carbonyl (C=O) groups is 2. The fraction of sp³-hybridized carbons (Fsp3) is 0.571. The number of hydrogen-bond acceptors (Lipinski definition) is 3. The minimum Gasteiger partial charge on any atom is -0.478 e. The summed E-state index contributed by atoms with van der Waals surface area (Å²) in [5.74, 6) is 1.44. The van der Waals surface area contributed by atoms with E-state index in [1.54, 1.807) is 25.1 Å². The molecule has 0 atom stereocenters. The first-order valence-electron chi connectivity index (χ1n) is 9.77. The Morgan fingerprint density at radius 1 is 1.15 bits per heavy atom. The molecule has 27 heavy (non-hydrogen) atoms. The molecule has 6 heteroatoms. The highest BCUT2D eigenvalue weighted by atomic mass is 32.1. The zero-order valence-electron chi connectivity index (χ0n) is 15.6. The van der Waals surface area contributed by atoms with E-state index in [4.69, 9.17) is 12.2 Å². The van der Waals surface area contributed by atoms with E-state index in [1.807, 2.05) is 0 Å². The predicted octanol–water partition coefficient (Wildman–Crippen LogP) is 4.11. The second-order valence-corrected chi connectivity index (χ2v) is 9.29. The summed E-state index contributed by atoms with van der Waals surface area (Å²) in [7, 11) is 0. The van der Waals surface area contributed by atoms with Crippen LogP contribution < -0.4 is 10.6 Å². The smallest absolute Gasteiger partial charge is 0.336 e. The molecule has 3 N–H and O–H groups in total. The number of nitrogens with one attached hydrogen (secondary N) is 2.